The summed E-state index contributed by atoms with van der Waals surface area (Å²) in [5.74, 6) is 3.10. The van der Waals surface area contributed by atoms with E-state index < -0.39 is 0 Å². The lowest BCUT2D eigenvalue weighted by atomic mass is 9.74. The van der Waals surface area contributed by atoms with Gasteiger partial charge < -0.3 is 19.7 Å². The zero-order valence-corrected chi connectivity index (χ0v) is 21.3. The Bertz CT molecular complexity index is 661. The molecular weight excluding hydrogens is 497 g/mol. The lowest BCUT2D eigenvalue weighted by Crippen LogP contribution is -2.54. The van der Waals surface area contributed by atoms with Gasteiger partial charge in [0, 0.05) is 55.8 Å². The minimum atomic E-state index is 0. The Hall–Kier alpha value is -0.670. The molecule has 0 saturated carbocycles. The first-order valence-electron chi connectivity index (χ1n) is 10.4. The number of hydrogen-bond donors (Lipinski definition) is 1. The molecule has 2 aliphatic rings. The highest BCUT2D eigenvalue weighted by molar-refractivity contribution is 14.0. The Morgan fingerprint density at radius 2 is 1.93 bits per heavy atom. The molecule has 1 N–H and O–H groups in total. The van der Waals surface area contributed by atoms with Crippen molar-refractivity contribution in [1.82, 2.24) is 10.2 Å². The molecule has 0 unspecified atom stereocenters. The SMILES string of the molecule is CCOc1ccc(C2(CNC(=NC)N3CCSC(C)(C)C3)CCOCC2)cc1.I. The topological polar surface area (TPSA) is 46.1 Å². The van der Waals surface area contributed by atoms with Gasteiger partial charge in [-0.05, 0) is 51.3 Å². The minimum absolute atomic E-state index is 0. The van der Waals surface area contributed by atoms with Crippen LogP contribution in [0.2, 0.25) is 0 Å². The van der Waals surface area contributed by atoms with Gasteiger partial charge in [-0.25, -0.2) is 0 Å². The second-order valence-corrected chi connectivity index (χ2v) is 10.1. The van der Waals surface area contributed by atoms with Gasteiger partial charge in [-0.2, -0.15) is 11.8 Å². The highest BCUT2D eigenvalue weighted by atomic mass is 127. The van der Waals surface area contributed by atoms with Crippen molar-refractivity contribution >= 4 is 41.7 Å². The number of thioether (sulfide) groups is 1. The van der Waals surface area contributed by atoms with E-state index in [1.54, 1.807) is 0 Å². The molecule has 0 bridgehead atoms. The van der Waals surface area contributed by atoms with Gasteiger partial charge in [-0.15, -0.1) is 24.0 Å². The molecule has 2 aliphatic heterocycles. The summed E-state index contributed by atoms with van der Waals surface area (Å²) >= 11 is 2.05. The van der Waals surface area contributed by atoms with E-state index in [-0.39, 0.29) is 34.1 Å². The van der Waals surface area contributed by atoms with Crippen molar-refractivity contribution in [3.63, 3.8) is 0 Å². The van der Waals surface area contributed by atoms with Crippen LogP contribution in [0.1, 0.15) is 39.2 Å². The Kier molecular flexibility index (Phi) is 9.41. The molecule has 29 heavy (non-hydrogen) atoms. The first-order valence-corrected chi connectivity index (χ1v) is 11.4. The number of guanidine groups is 1. The van der Waals surface area contributed by atoms with Crippen molar-refractivity contribution in [3.8, 4) is 5.75 Å². The normalized spacial score (nSPS) is 21.2. The van der Waals surface area contributed by atoms with Crippen molar-refractivity contribution < 1.29 is 9.47 Å². The van der Waals surface area contributed by atoms with Gasteiger partial charge in [0.2, 0.25) is 0 Å². The number of ether oxygens (including phenoxy) is 2. The van der Waals surface area contributed by atoms with Crippen molar-refractivity contribution in [3.05, 3.63) is 29.8 Å². The number of benzene rings is 1. The number of nitrogens with zero attached hydrogens (tertiary/aromatic N) is 2. The van der Waals surface area contributed by atoms with Crippen LogP contribution < -0.4 is 10.1 Å². The lowest BCUT2D eigenvalue weighted by molar-refractivity contribution is 0.0511. The first-order chi connectivity index (χ1) is 13.5. The van der Waals surface area contributed by atoms with E-state index in [2.05, 4.69) is 53.3 Å². The van der Waals surface area contributed by atoms with Crippen LogP contribution in [0.25, 0.3) is 0 Å². The molecule has 1 aromatic carbocycles. The second kappa shape index (κ2) is 11.1. The second-order valence-electron chi connectivity index (χ2n) is 8.28. The van der Waals surface area contributed by atoms with E-state index in [9.17, 15) is 0 Å². The molecule has 0 amide bonds. The summed E-state index contributed by atoms with van der Waals surface area (Å²) in [5.41, 5.74) is 1.43. The summed E-state index contributed by atoms with van der Waals surface area (Å²) in [4.78, 5) is 7.00. The standard InChI is InChI=1S/C22H35N3O2S.HI/c1-5-27-19-8-6-18(7-9-19)22(10-13-26-14-11-22)16-24-20(23-4)25-12-15-28-21(2,3)17-25;/h6-9H,5,10-17H2,1-4H3,(H,23,24);1H. The van der Waals surface area contributed by atoms with Crippen LogP contribution in [-0.4, -0.2) is 67.9 Å². The summed E-state index contributed by atoms with van der Waals surface area (Å²) in [6, 6.07) is 8.63. The fourth-order valence-electron chi connectivity index (χ4n) is 4.18. The number of hydrogen-bond acceptors (Lipinski definition) is 4. The van der Waals surface area contributed by atoms with E-state index in [0.29, 0.717) is 6.61 Å². The molecule has 2 heterocycles. The van der Waals surface area contributed by atoms with E-state index in [1.807, 2.05) is 25.7 Å². The molecule has 0 aromatic heterocycles. The fourth-order valence-corrected chi connectivity index (χ4v) is 5.29. The quantitative estimate of drug-likeness (QED) is 0.350. The molecular formula is C22H36IN3O2S. The van der Waals surface area contributed by atoms with E-state index in [1.165, 1.54) is 5.56 Å². The third-order valence-corrected chi connectivity index (χ3v) is 7.05. The molecule has 5 nitrogen and oxygen atoms in total. The van der Waals surface area contributed by atoms with Crippen LogP contribution >= 0.6 is 35.7 Å². The maximum atomic E-state index is 5.69. The molecule has 3 rings (SSSR count). The Balaban J connectivity index is 0.00000300. The monoisotopic (exact) mass is 533 g/mol. The smallest absolute Gasteiger partial charge is 0.193 e. The molecule has 7 heteroatoms. The summed E-state index contributed by atoms with van der Waals surface area (Å²) < 4.78 is 11.6. The van der Waals surface area contributed by atoms with E-state index in [0.717, 1.165) is 63.2 Å². The number of rotatable bonds is 5. The summed E-state index contributed by atoms with van der Waals surface area (Å²) in [5, 5.41) is 3.71. The predicted molar refractivity (Wildman–Crippen MR) is 134 cm³/mol. The predicted octanol–water partition coefficient (Wildman–Crippen LogP) is 4.15. The first kappa shape index (κ1) is 24.6. The average molecular weight is 534 g/mol. The molecule has 164 valence electrons. The molecule has 0 aliphatic carbocycles. The van der Waals surface area contributed by atoms with E-state index >= 15 is 0 Å². The minimum Gasteiger partial charge on any atom is -0.494 e. The molecule has 0 radical (unpaired) electrons. The van der Waals surface area contributed by atoms with Crippen molar-refractivity contribution in [2.45, 2.75) is 43.8 Å². The Labute approximate surface area is 197 Å². The summed E-state index contributed by atoms with van der Waals surface area (Å²) in [7, 11) is 1.89. The number of nitrogens with one attached hydrogen (secondary N) is 1. The van der Waals surface area contributed by atoms with Gasteiger partial charge in [-0.3, -0.25) is 4.99 Å². The van der Waals surface area contributed by atoms with Crippen LogP contribution in [-0.2, 0) is 10.2 Å². The van der Waals surface area contributed by atoms with Crippen LogP contribution in [0.15, 0.2) is 29.3 Å². The third-order valence-electron chi connectivity index (χ3n) is 5.75. The zero-order valence-electron chi connectivity index (χ0n) is 18.2. The maximum Gasteiger partial charge on any atom is 0.193 e. The summed E-state index contributed by atoms with van der Waals surface area (Å²) in [6.07, 6.45) is 2.04. The van der Waals surface area contributed by atoms with Crippen molar-refractivity contribution in [2.75, 3.05) is 52.3 Å². The van der Waals surface area contributed by atoms with E-state index in [4.69, 9.17) is 9.47 Å². The van der Waals surface area contributed by atoms with Crippen molar-refractivity contribution in [1.29, 1.82) is 0 Å². The maximum absolute atomic E-state index is 5.69. The fraction of sp³-hybridized carbons (Fsp3) is 0.682. The van der Waals surface area contributed by atoms with Gasteiger partial charge in [0.25, 0.3) is 0 Å². The van der Waals surface area contributed by atoms with Gasteiger partial charge in [0.05, 0.1) is 6.61 Å². The lowest BCUT2D eigenvalue weighted by Gasteiger charge is -2.42. The highest BCUT2D eigenvalue weighted by Crippen LogP contribution is 2.35. The van der Waals surface area contributed by atoms with Crippen molar-refractivity contribution in [2.24, 2.45) is 4.99 Å². The molecule has 0 atom stereocenters. The molecule has 1 aromatic rings. The van der Waals surface area contributed by atoms with Crippen LogP contribution in [0.5, 0.6) is 5.75 Å². The van der Waals surface area contributed by atoms with Crippen LogP contribution in [0, 0.1) is 0 Å². The van der Waals surface area contributed by atoms with Gasteiger partial charge in [0.1, 0.15) is 5.75 Å². The largest absolute Gasteiger partial charge is 0.494 e. The highest BCUT2D eigenvalue weighted by Gasteiger charge is 2.36. The Morgan fingerprint density at radius 3 is 2.52 bits per heavy atom. The van der Waals surface area contributed by atoms with Gasteiger partial charge in [0.15, 0.2) is 5.96 Å². The molecule has 2 saturated heterocycles. The number of halogens is 1. The van der Waals surface area contributed by atoms with Gasteiger partial charge in [-0.1, -0.05) is 12.1 Å². The van der Waals surface area contributed by atoms with Crippen LogP contribution in [0.4, 0.5) is 0 Å². The summed E-state index contributed by atoms with van der Waals surface area (Å²) in [6.45, 7) is 11.9. The third kappa shape index (κ3) is 6.40. The van der Waals surface area contributed by atoms with Crippen LogP contribution in [0.3, 0.4) is 0 Å². The zero-order chi connectivity index (χ0) is 20.0. The average Bonchev–Trinajstić information content (AvgIpc) is 2.69. The molecule has 2 fully saturated rings. The Morgan fingerprint density at radius 1 is 1.24 bits per heavy atom. The van der Waals surface area contributed by atoms with Gasteiger partial charge >= 0.3 is 0 Å². The molecule has 0 spiro atoms. The number of aliphatic imine (C=N–C) groups is 1.